The SMILES string of the molecule is O=c1[nH]c2cccc(F)c2n1CC1CCCCS1. The van der Waals surface area contributed by atoms with Crippen molar-refractivity contribution in [1.29, 1.82) is 0 Å². The molecule has 96 valence electrons. The number of rotatable bonds is 2. The van der Waals surface area contributed by atoms with Crippen molar-refractivity contribution < 1.29 is 4.39 Å². The molecule has 18 heavy (non-hydrogen) atoms. The summed E-state index contributed by atoms with van der Waals surface area (Å²) in [5.41, 5.74) is 0.788. The van der Waals surface area contributed by atoms with Crippen LogP contribution in [0, 0.1) is 5.82 Å². The number of aromatic amines is 1. The third kappa shape index (κ3) is 2.07. The summed E-state index contributed by atoms with van der Waals surface area (Å²) in [6.07, 6.45) is 3.56. The van der Waals surface area contributed by atoms with Crippen molar-refractivity contribution in [3.05, 3.63) is 34.5 Å². The maximum Gasteiger partial charge on any atom is 0.326 e. The van der Waals surface area contributed by atoms with Crippen molar-refractivity contribution in [2.75, 3.05) is 5.75 Å². The van der Waals surface area contributed by atoms with Gasteiger partial charge < -0.3 is 4.98 Å². The number of hydrogen-bond donors (Lipinski definition) is 1. The molecule has 1 aliphatic heterocycles. The third-order valence-corrected chi connectivity index (χ3v) is 4.78. The van der Waals surface area contributed by atoms with Crippen LogP contribution >= 0.6 is 11.8 Å². The van der Waals surface area contributed by atoms with Gasteiger partial charge in [0, 0.05) is 11.8 Å². The van der Waals surface area contributed by atoms with Crippen LogP contribution in [0.4, 0.5) is 4.39 Å². The Morgan fingerprint density at radius 2 is 2.33 bits per heavy atom. The fraction of sp³-hybridized carbons (Fsp3) is 0.462. The van der Waals surface area contributed by atoms with E-state index in [0.29, 0.717) is 22.8 Å². The second kappa shape index (κ2) is 4.80. The van der Waals surface area contributed by atoms with Gasteiger partial charge in [0.05, 0.1) is 5.52 Å². The van der Waals surface area contributed by atoms with Gasteiger partial charge in [-0.1, -0.05) is 12.5 Å². The van der Waals surface area contributed by atoms with Gasteiger partial charge in [0.2, 0.25) is 0 Å². The number of nitrogens with zero attached hydrogens (tertiary/aromatic N) is 1. The Morgan fingerprint density at radius 1 is 1.44 bits per heavy atom. The number of thioether (sulfide) groups is 1. The number of benzene rings is 1. The molecule has 1 aromatic carbocycles. The van der Waals surface area contributed by atoms with Crippen molar-refractivity contribution in [3.8, 4) is 0 Å². The lowest BCUT2D eigenvalue weighted by molar-refractivity contribution is 0.570. The van der Waals surface area contributed by atoms with E-state index >= 15 is 0 Å². The number of fused-ring (bicyclic) bond motifs is 1. The quantitative estimate of drug-likeness (QED) is 0.907. The summed E-state index contributed by atoms with van der Waals surface area (Å²) in [5.74, 6) is 0.816. The highest BCUT2D eigenvalue weighted by atomic mass is 32.2. The molecule has 1 atom stereocenters. The standard InChI is InChI=1S/C13H15FN2OS/c14-10-5-3-6-11-12(10)16(13(17)15-11)8-9-4-1-2-7-18-9/h3,5-6,9H,1-2,4,7-8H2,(H,15,17). The number of halogens is 1. The van der Waals surface area contributed by atoms with Crippen LogP contribution in [0.5, 0.6) is 0 Å². The van der Waals surface area contributed by atoms with E-state index in [1.807, 2.05) is 11.8 Å². The molecule has 1 aliphatic rings. The monoisotopic (exact) mass is 266 g/mol. The molecular formula is C13H15FN2OS. The maximum atomic E-state index is 13.8. The van der Waals surface area contributed by atoms with Crippen LogP contribution in [0.25, 0.3) is 11.0 Å². The number of para-hydroxylation sites is 1. The highest BCUT2D eigenvalue weighted by Crippen LogP contribution is 2.27. The molecule has 1 aromatic heterocycles. The van der Waals surface area contributed by atoms with E-state index < -0.39 is 0 Å². The lowest BCUT2D eigenvalue weighted by Crippen LogP contribution is -2.25. The van der Waals surface area contributed by atoms with Gasteiger partial charge in [0.1, 0.15) is 11.3 Å². The van der Waals surface area contributed by atoms with E-state index in [1.165, 1.54) is 18.9 Å². The molecule has 0 bridgehead atoms. The predicted octanol–water partition coefficient (Wildman–Crippen LogP) is 2.75. The summed E-state index contributed by atoms with van der Waals surface area (Å²) >= 11 is 1.89. The molecule has 2 aromatic rings. The zero-order valence-electron chi connectivity index (χ0n) is 9.99. The van der Waals surface area contributed by atoms with E-state index in [1.54, 1.807) is 16.7 Å². The highest BCUT2D eigenvalue weighted by Gasteiger charge is 2.18. The van der Waals surface area contributed by atoms with Crippen molar-refractivity contribution in [2.24, 2.45) is 0 Å². The summed E-state index contributed by atoms with van der Waals surface area (Å²) in [6.45, 7) is 0.602. The van der Waals surface area contributed by atoms with Crippen LogP contribution in [-0.4, -0.2) is 20.6 Å². The van der Waals surface area contributed by atoms with Crippen LogP contribution in [0.2, 0.25) is 0 Å². The molecule has 5 heteroatoms. The number of hydrogen-bond acceptors (Lipinski definition) is 2. The van der Waals surface area contributed by atoms with Gasteiger partial charge in [0.25, 0.3) is 0 Å². The molecule has 1 unspecified atom stereocenters. The van der Waals surface area contributed by atoms with Crippen molar-refractivity contribution in [2.45, 2.75) is 31.1 Å². The molecule has 0 aliphatic carbocycles. The summed E-state index contributed by atoms with van der Waals surface area (Å²) in [6, 6.07) is 4.76. The van der Waals surface area contributed by atoms with E-state index in [9.17, 15) is 9.18 Å². The van der Waals surface area contributed by atoms with Crippen LogP contribution in [0.3, 0.4) is 0 Å². The van der Waals surface area contributed by atoms with Crippen LogP contribution in [-0.2, 0) is 6.54 Å². The normalized spacial score (nSPS) is 20.4. The number of nitrogens with one attached hydrogen (secondary N) is 1. The summed E-state index contributed by atoms with van der Waals surface area (Å²) < 4.78 is 15.4. The van der Waals surface area contributed by atoms with Gasteiger partial charge in [-0.05, 0) is 30.7 Å². The minimum absolute atomic E-state index is 0.207. The first-order valence-electron chi connectivity index (χ1n) is 6.24. The van der Waals surface area contributed by atoms with Gasteiger partial charge in [0.15, 0.2) is 0 Å². The summed E-state index contributed by atoms with van der Waals surface area (Å²) in [4.78, 5) is 14.6. The Morgan fingerprint density at radius 3 is 3.11 bits per heavy atom. The van der Waals surface area contributed by atoms with E-state index in [-0.39, 0.29) is 11.5 Å². The predicted molar refractivity (Wildman–Crippen MR) is 72.6 cm³/mol. The molecule has 0 saturated carbocycles. The largest absolute Gasteiger partial charge is 0.326 e. The fourth-order valence-corrected chi connectivity index (χ4v) is 3.80. The second-order valence-corrected chi connectivity index (χ2v) is 6.07. The first-order valence-corrected chi connectivity index (χ1v) is 7.29. The zero-order chi connectivity index (χ0) is 12.5. The van der Waals surface area contributed by atoms with Crippen molar-refractivity contribution in [1.82, 2.24) is 9.55 Å². The molecule has 3 nitrogen and oxygen atoms in total. The summed E-state index contributed by atoms with van der Waals surface area (Å²) in [5, 5.41) is 0.426. The maximum absolute atomic E-state index is 13.8. The van der Waals surface area contributed by atoms with Crippen LogP contribution in [0.15, 0.2) is 23.0 Å². The highest BCUT2D eigenvalue weighted by molar-refractivity contribution is 7.99. The molecule has 0 radical (unpaired) electrons. The minimum atomic E-state index is -0.327. The Hall–Kier alpha value is -1.23. The molecule has 2 heterocycles. The van der Waals surface area contributed by atoms with Crippen LogP contribution < -0.4 is 5.69 Å². The van der Waals surface area contributed by atoms with E-state index in [4.69, 9.17) is 0 Å². The van der Waals surface area contributed by atoms with Crippen molar-refractivity contribution >= 4 is 22.8 Å². The second-order valence-electron chi connectivity index (χ2n) is 4.67. The first kappa shape index (κ1) is 11.8. The molecule has 0 amide bonds. The zero-order valence-corrected chi connectivity index (χ0v) is 10.8. The molecule has 1 saturated heterocycles. The Balaban J connectivity index is 2.00. The first-order chi connectivity index (χ1) is 8.75. The lowest BCUT2D eigenvalue weighted by atomic mass is 10.2. The number of H-pyrrole nitrogens is 1. The van der Waals surface area contributed by atoms with Crippen LogP contribution in [0.1, 0.15) is 19.3 Å². The molecular weight excluding hydrogens is 251 g/mol. The van der Waals surface area contributed by atoms with Gasteiger partial charge >= 0.3 is 5.69 Å². The third-order valence-electron chi connectivity index (χ3n) is 3.40. The minimum Gasteiger partial charge on any atom is -0.305 e. The lowest BCUT2D eigenvalue weighted by Gasteiger charge is -2.21. The van der Waals surface area contributed by atoms with E-state index in [0.717, 1.165) is 12.2 Å². The Bertz CT molecular complexity index is 613. The van der Waals surface area contributed by atoms with Gasteiger partial charge in [-0.15, -0.1) is 0 Å². The number of aromatic nitrogens is 2. The fourth-order valence-electron chi connectivity index (χ4n) is 2.50. The smallest absolute Gasteiger partial charge is 0.305 e. The Kier molecular flexibility index (Phi) is 3.16. The molecule has 1 N–H and O–H groups in total. The number of imidazole rings is 1. The van der Waals surface area contributed by atoms with Gasteiger partial charge in [-0.25, -0.2) is 9.18 Å². The average molecular weight is 266 g/mol. The van der Waals surface area contributed by atoms with Crippen molar-refractivity contribution in [3.63, 3.8) is 0 Å². The topological polar surface area (TPSA) is 37.8 Å². The Labute approximate surface area is 108 Å². The molecule has 1 fully saturated rings. The van der Waals surface area contributed by atoms with Gasteiger partial charge in [-0.2, -0.15) is 11.8 Å². The van der Waals surface area contributed by atoms with E-state index in [2.05, 4.69) is 4.98 Å². The van der Waals surface area contributed by atoms with Gasteiger partial charge in [-0.3, -0.25) is 4.57 Å². The molecule has 3 rings (SSSR count). The molecule has 0 spiro atoms. The summed E-state index contributed by atoms with van der Waals surface area (Å²) in [7, 11) is 0. The average Bonchev–Trinajstić information content (AvgIpc) is 2.69.